The molecule has 180 valence electrons. The number of ether oxygens (including phenoxy) is 2. The number of amides is 1. The van der Waals surface area contributed by atoms with E-state index in [-0.39, 0.29) is 11.3 Å². The number of carbonyl (C=O) groups excluding carboxylic acids is 2. The summed E-state index contributed by atoms with van der Waals surface area (Å²) in [4.78, 5) is 32.1. The van der Waals surface area contributed by atoms with Gasteiger partial charge in [0, 0.05) is 51.5 Å². The Morgan fingerprint density at radius 2 is 1.68 bits per heavy atom. The van der Waals surface area contributed by atoms with Crippen LogP contribution >= 0.6 is 0 Å². The van der Waals surface area contributed by atoms with Gasteiger partial charge in [-0.05, 0) is 42.0 Å². The normalized spacial score (nSPS) is 20.6. The zero-order chi connectivity index (χ0) is 24.2. The molecule has 2 aromatic rings. The average Bonchev–Trinajstić information content (AvgIpc) is 3.12. The van der Waals surface area contributed by atoms with Gasteiger partial charge in [-0.15, -0.1) is 0 Å². The first-order chi connectivity index (χ1) is 16.4. The van der Waals surface area contributed by atoms with Crippen LogP contribution in [0.15, 0.2) is 54.1 Å². The number of aliphatic hydroxyl groups excluding tert-OH is 1. The van der Waals surface area contributed by atoms with Crippen LogP contribution in [-0.2, 0) is 14.3 Å². The molecule has 2 fully saturated rings. The van der Waals surface area contributed by atoms with Gasteiger partial charge in [-0.1, -0.05) is 12.1 Å². The summed E-state index contributed by atoms with van der Waals surface area (Å²) in [6.45, 7) is 3.91. The number of anilines is 1. The first-order valence-corrected chi connectivity index (χ1v) is 11.4. The largest absolute Gasteiger partial charge is 0.507 e. The SMILES string of the molecule is COc1ccc(C(O)=C2C(=O)C(=O)N(CCN3CCOCC3)[C@H]2c2ccc(N(C)C)cc2)cc1. The zero-order valence-electron chi connectivity index (χ0n) is 19.9. The number of rotatable bonds is 7. The fourth-order valence-electron chi connectivity index (χ4n) is 4.39. The number of hydrogen-bond donors (Lipinski definition) is 1. The van der Waals surface area contributed by atoms with E-state index in [4.69, 9.17) is 9.47 Å². The molecular weight excluding hydrogens is 434 g/mol. The molecule has 1 atom stereocenters. The lowest BCUT2D eigenvalue weighted by atomic mass is 9.95. The Bertz CT molecular complexity index is 1060. The number of nitrogens with zero attached hydrogens (tertiary/aromatic N) is 3. The Labute approximate surface area is 200 Å². The van der Waals surface area contributed by atoms with Crippen LogP contribution in [0.4, 0.5) is 5.69 Å². The summed E-state index contributed by atoms with van der Waals surface area (Å²) in [6, 6.07) is 13.8. The smallest absolute Gasteiger partial charge is 0.295 e. The van der Waals surface area contributed by atoms with E-state index in [1.165, 1.54) is 0 Å². The average molecular weight is 466 g/mol. The number of likely N-dealkylation sites (tertiary alicyclic amines) is 1. The second kappa shape index (κ2) is 10.3. The molecule has 2 heterocycles. The highest BCUT2D eigenvalue weighted by Crippen LogP contribution is 2.39. The van der Waals surface area contributed by atoms with E-state index in [1.807, 2.05) is 43.3 Å². The molecule has 0 unspecified atom stereocenters. The van der Waals surface area contributed by atoms with E-state index in [2.05, 4.69) is 4.90 Å². The van der Waals surface area contributed by atoms with Gasteiger partial charge < -0.3 is 24.4 Å². The molecule has 2 aromatic carbocycles. The van der Waals surface area contributed by atoms with Crippen molar-refractivity contribution in [2.45, 2.75) is 6.04 Å². The Morgan fingerprint density at radius 1 is 1.03 bits per heavy atom. The molecular formula is C26H31N3O5. The molecule has 34 heavy (non-hydrogen) atoms. The second-order valence-corrected chi connectivity index (χ2v) is 8.66. The molecule has 2 aliphatic heterocycles. The lowest BCUT2D eigenvalue weighted by Crippen LogP contribution is -2.42. The van der Waals surface area contributed by atoms with Gasteiger partial charge in [-0.25, -0.2) is 0 Å². The van der Waals surface area contributed by atoms with Gasteiger partial charge in [0.1, 0.15) is 11.5 Å². The van der Waals surface area contributed by atoms with Crippen molar-refractivity contribution in [1.29, 1.82) is 0 Å². The van der Waals surface area contributed by atoms with Crippen molar-refractivity contribution in [3.8, 4) is 5.75 Å². The summed E-state index contributed by atoms with van der Waals surface area (Å²) in [7, 11) is 5.46. The molecule has 2 saturated heterocycles. The number of Topliss-reactive ketones (excluding diaryl/α,β-unsaturated/α-hetero) is 1. The minimum atomic E-state index is -0.669. The third kappa shape index (κ3) is 4.78. The molecule has 2 aliphatic rings. The summed E-state index contributed by atoms with van der Waals surface area (Å²) in [5.41, 5.74) is 2.35. The maximum absolute atomic E-state index is 13.2. The van der Waals surface area contributed by atoms with Gasteiger partial charge in [0.15, 0.2) is 0 Å². The van der Waals surface area contributed by atoms with Crippen LogP contribution in [0.5, 0.6) is 5.75 Å². The van der Waals surface area contributed by atoms with Crippen molar-refractivity contribution < 1.29 is 24.2 Å². The topological polar surface area (TPSA) is 82.5 Å². The maximum atomic E-state index is 13.2. The van der Waals surface area contributed by atoms with Gasteiger partial charge in [0.2, 0.25) is 0 Å². The molecule has 0 bridgehead atoms. The highest BCUT2D eigenvalue weighted by Gasteiger charge is 2.46. The molecule has 0 radical (unpaired) electrons. The Hall–Kier alpha value is -3.36. The van der Waals surface area contributed by atoms with Crippen LogP contribution < -0.4 is 9.64 Å². The summed E-state index contributed by atoms with van der Waals surface area (Å²) in [6.07, 6.45) is 0. The number of aliphatic hydroxyl groups is 1. The minimum Gasteiger partial charge on any atom is -0.507 e. The third-order valence-corrected chi connectivity index (χ3v) is 6.39. The molecule has 4 rings (SSSR count). The molecule has 0 spiro atoms. The van der Waals surface area contributed by atoms with E-state index in [0.717, 1.165) is 24.3 Å². The monoisotopic (exact) mass is 465 g/mol. The highest BCUT2D eigenvalue weighted by molar-refractivity contribution is 6.46. The Kier molecular flexibility index (Phi) is 7.19. The van der Waals surface area contributed by atoms with Crippen molar-refractivity contribution in [3.63, 3.8) is 0 Å². The van der Waals surface area contributed by atoms with Gasteiger partial charge in [-0.3, -0.25) is 14.5 Å². The van der Waals surface area contributed by atoms with Crippen LogP contribution in [0.1, 0.15) is 17.2 Å². The van der Waals surface area contributed by atoms with E-state index in [1.54, 1.807) is 36.3 Å². The zero-order valence-corrected chi connectivity index (χ0v) is 19.9. The number of benzene rings is 2. The van der Waals surface area contributed by atoms with Crippen molar-refractivity contribution in [1.82, 2.24) is 9.80 Å². The number of hydrogen-bond acceptors (Lipinski definition) is 7. The van der Waals surface area contributed by atoms with Gasteiger partial charge >= 0.3 is 0 Å². The number of morpholine rings is 1. The van der Waals surface area contributed by atoms with Crippen LogP contribution in [0.3, 0.4) is 0 Å². The van der Waals surface area contributed by atoms with Crippen molar-refractivity contribution in [2.24, 2.45) is 0 Å². The molecule has 8 heteroatoms. The maximum Gasteiger partial charge on any atom is 0.295 e. The third-order valence-electron chi connectivity index (χ3n) is 6.39. The van der Waals surface area contributed by atoms with Crippen LogP contribution in [0.25, 0.3) is 5.76 Å². The van der Waals surface area contributed by atoms with Crippen LogP contribution in [-0.4, -0.2) is 87.2 Å². The Balaban J connectivity index is 1.72. The predicted octanol–water partition coefficient (Wildman–Crippen LogP) is 2.52. The van der Waals surface area contributed by atoms with Crippen molar-refractivity contribution in [3.05, 3.63) is 65.2 Å². The standard InChI is InChI=1S/C26H31N3O5/c1-27(2)20-8-4-18(5-9-20)23-22(24(30)19-6-10-21(33-3)11-7-19)25(31)26(32)29(23)13-12-28-14-16-34-17-15-28/h4-11,23,30H,12-17H2,1-3H3/t23-/m0/s1. The summed E-state index contributed by atoms with van der Waals surface area (Å²) in [5.74, 6) is -0.808. The molecule has 0 saturated carbocycles. The summed E-state index contributed by atoms with van der Waals surface area (Å²) in [5, 5.41) is 11.2. The van der Waals surface area contributed by atoms with E-state index < -0.39 is 17.7 Å². The second-order valence-electron chi connectivity index (χ2n) is 8.66. The lowest BCUT2D eigenvalue weighted by Gasteiger charge is -2.31. The first-order valence-electron chi connectivity index (χ1n) is 11.4. The van der Waals surface area contributed by atoms with Gasteiger partial charge in [0.25, 0.3) is 11.7 Å². The quantitative estimate of drug-likeness (QED) is 0.382. The predicted molar refractivity (Wildman–Crippen MR) is 130 cm³/mol. The first kappa shape index (κ1) is 23.8. The minimum absolute atomic E-state index is 0.106. The van der Waals surface area contributed by atoms with Crippen molar-refractivity contribution in [2.75, 3.05) is 65.5 Å². The number of methoxy groups -OCH3 is 1. The van der Waals surface area contributed by atoms with E-state index in [9.17, 15) is 14.7 Å². The summed E-state index contributed by atoms with van der Waals surface area (Å²) >= 11 is 0. The van der Waals surface area contributed by atoms with Gasteiger partial charge in [0.05, 0.1) is 31.9 Å². The molecule has 0 aliphatic carbocycles. The Morgan fingerprint density at radius 3 is 2.26 bits per heavy atom. The van der Waals surface area contributed by atoms with Crippen LogP contribution in [0, 0.1) is 0 Å². The number of ketones is 1. The summed E-state index contributed by atoms with van der Waals surface area (Å²) < 4.78 is 10.6. The molecule has 1 amide bonds. The van der Waals surface area contributed by atoms with Gasteiger partial charge in [-0.2, -0.15) is 0 Å². The molecule has 8 nitrogen and oxygen atoms in total. The highest BCUT2D eigenvalue weighted by atomic mass is 16.5. The van der Waals surface area contributed by atoms with E-state index >= 15 is 0 Å². The van der Waals surface area contributed by atoms with Crippen LogP contribution in [0.2, 0.25) is 0 Å². The molecule has 0 aromatic heterocycles. The molecule has 1 N–H and O–H groups in total. The van der Waals surface area contributed by atoms with E-state index in [0.29, 0.717) is 37.6 Å². The fourth-order valence-corrected chi connectivity index (χ4v) is 4.39. The fraction of sp³-hybridized carbons (Fsp3) is 0.385. The number of carbonyl (C=O) groups is 2. The lowest BCUT2D eigenvalue weighted by molar-refractivity contribution is -0.140. The van der Waals surface area contributed by atoms with Crippen molar-refractivity contribution >= 4 is 23.1 Å².